The molecule has 0 radical (unpaired) electrons. The fourth-order valence-electron chi connectivity index (χ4n) is 3.39. The van der Waals surface area contributed by atoms with Crippen molar-refractivity contribution in [1.29, 1.82) is 10.8 Å². The second kappa shape index (κ2) is 11.0. The van der Waals surface area contributed by atoms with Crippen molar-refractivity contribution >= 4 is 34.9 Å². The van der Waals surface area contributed by atoms with Gasteiger partial charge in [-0.05, 0) is 53.6 Å². The molecule has 6 nitrogen and oxygen atoms in total. The summed E-state index contributed by atoms with van der Waals surface area (Å²) in [6.45, 7) is -2.61. The van der Waals surface area contributed by atoms with Crippen LogP contribution in [0.2, 0.25) is 0 Å². The maximum Gasteiger partial charge on any atom is 0.387 e. The third-order valence-corrected chi connectivity index (χ3v) is 5.05. The minimum absolute atomic E-state index is 0.0342. The molecule has 1 aromatic heterocycles. The lowest BCUT2D eigenvalue weighted by atomic mass is 10.0. The molecule has 2 N–H and O–H groups in total. The van der Waals surface area contributed by atoms with Gasteiger partial charge in [-0.2, -0.15) is 8.78 Å². The summed E-state index contributed by atoms with van der Waals surface area (Å²) in [5.41, 5.74) is 3.40. The van der Waals surface area contributed by atoms with Gasteiger partial charge in [-0.3, -0.25) is 10.8 Å². The van der Waals surface area contributed by atoms with Gasteiger partial charge in [0, 0.05) is 11.0 Å². The minimum atomic E-state index is -2.90. The summed E-state index contributed by atoms with van der Waals surface area (Å²) in [6, 6.07) is 24.8. The van der Waals surface area contributed by atoms with Gasteiger partial charge in [0.1, 0.15) is 18.1 Å². The molecule has 176 valence electrons. The van der Waals surface area contributed by atoms with Crippen molar-refractivity contribution in [3.8, 4) is 11.5 Å². The van der Waals surface area contributed by atoms with Crippen molar-refractivity contribution in [2.75, 3.05) is 0 Å². The molecule has 0 spiro atoms. The first-order valence-electron chi connectivity index (χ1n) is 10.6. The van der Waals surface area contributed by atoms with E-state index < -0.39 is 6.61 Å². The second-order valence-corrected chi connectivity index (χ2v) is 7.38. The van der Waals surface area contributed by atoms with Crippen LogP contribution in [0.4, 0.5) is 8.78 Å². The van der Waals surface area contributed by atoms with Gasteiger partial charge in [0.2, 0.25) is 5.90 Å². The van der Waals surface area contributed by atoms with Crippen LogP contribution in [0.15, 0.2) is 84.9 Å². The topological polar surface area (TPSA) is 88.3 Å². The number of hydrogen-bond acceptors (Lipinski definition) is 6. The highest BCUT2D eigenvalue weighted by Gasteiger charge is 2.11. The minimum Gasteiger partial charge on any atom is -0.487 e. The molecular weight excluding hydrogens is 452 g/mol. The summed E-state index contributed by atoms with van der Waals surface area (Å²) in [6.07, 6.45) is 2.33. The number of rotatable bonds is 9. The molecule has 4 rings (SSSR count). The van der Waals surface area contributed by atoms with Gasteiger partial charge in [-0.15, -0.1) is 0 Å². The number of pyridine rings is 1. The first kappa shape index (κ1) is 23.6. The maximum absolute atomic E-state index is 12.4. The van der Waals surface area contributed by atoms with E-state index in [9.17, 15) is 8.78 Å². The normalized spacial score (nSPS) is 11.3. The molecule has 1 heterocycles. The molecule has 0 unspecified atom stereocenters. The SMILES string of the molecule is N=COC(=N)/C(=C/c1ccc(OC(F)F)cc1)c1ccc(OCc2ccc3ccccc3n2)cc1. The van der Waals surface area contributed by atoms with E-state index in [0.717, 1.165) is 16.6 Å². The average molecular weight is 473 g/mol. The second-order valence-electron chi connectivity index (χ2n) is 7.38. The number of ether oxygens (including phenoxy) is 3. The highest BCUT2D eigenvalue weighted by Crippen LogP contribution is 2.25. The molecule has 0 bridgehead atoms. The molecule has 0 saturated heterocycles. The van der Waals surface area contributed by atoms with Crippen molar-refractivity contribution < 1.29 is 23.0 Å². The Morgan fingerprint density at radius 2 is 1.60 bits per heavy atom. The van der Waals surface area contributed by atoms with Crippen LogP contribution in [0.1, 0.15) is 16.8 Å². The number of para-hydroxylation sites is 1. The molecule has 8 heteroatoms. The van der Waals surface area contributed by atoms with E-state index in [1.807, 2.05) is 36.4 Å². The van der Waals surface area contributed by atoms with Crippen LogP contribution in [-0.2, 0) is 11.3 Å². The van der Waals surface area contributed by atoms with Gasteiger partial charge in [-0.25, -0.2) is 4.98 Å². The number of benzene rings is 3. The predicted molar refractivity (Wildman–Crippen MR) is 131 cm³/mol. The molecule has 35 heavy (non-hydrogen) atoms. The number of hydrogen-bond donors (Lipinski definition) is 2. The van der Waals surface area contributed by atoms with Crippen molar-refractivity contribution in [3.63, 3.8) is 0 Å². The van der Waals surface area contributed by atoms with Crippen LogP contribution in [0.5, 0.6) is 11.5 Å². The lowest BCUT2D eigenvalue weighted by Crippen LogP contribution is -2.05. The van der Waals surface area contributed by atoms with Crippen LogP contribution in [0.3, 0.4) is 0 Å². The summed E-state index contributed by atoms with van der Waals surface area (Å²) in [5.74, 6) is 0.421. The Bertz CT molecular complexity index is 1350. The standard InChI is InChI=1S/C27H21F2N3O3/c28-27(29)35-23-11-5-18(6-12-23)15-24(26(31)34-17-30)19-8-13-22(14-9-19)33-16-21-10-7-20-3-1-2-4-25(20)32-21/h1-15,17,27,30-31H,16H2/b24-15+,30-17?,31-26?. The Morgan fingerprint density at radius 1 is 0.886 bits per heavy atom. The maximum atomic E-state index is 12.4. The van der Waals surface area contributed by atoms with Crippen molar-refractivity contribution in [2.24, 2.45) is 0 Å². The molecule has 4 aromatic rings. The quantitative estimate of drug-likeness (QED) is 0.164. The monoisotopic (exact) mass is 473 g/mol. The highest BCUT2D eigenvalue weighted by atomic mass is 19.3. The Hall–Kier alpha value is -4.59. The predicted octanol–water partition coefficient (Wildman–Crippen LogP) is 6.56. The summed E-state index contributed by atoms with van der Waals surface area (Å²) < 4.78 is 40.0. The van der Waals surface area contributed by atoms with Crippen LogP contribution in [-0.4, -0.2) is 23.9 Å². The number of halogens is 2. The molecule has 0 aliphatic carbocycles. The van der Waals surface area contributed by atoms with E-state index in [0.29, 0.717) is 35.5 Å². The Labute approximate surface area is 200 Å². The van der Waals surface area contributed by atoms with E-state index in [1.54, 1.807) is 42.5 Å². The Balaban J connectivity index is 1.50. The zero-order valence-corrected chi connectivity index (χ0v) is 18.4. The lowest BCUT2D eigenvalue weighted by molar-refractivity contribution is -0.0498. The number of nitrogens with zero attached hydrogens (tertiary/aromatic N) is 1. The van der Waals surface area contributed by atoms with Gasteiger partial charge in [-0.1, -0.05) is 48.5 Å². The first-order chi connectivity index (χ1) is 17.0. The average Bonchev–Trinajstić information content (AvgIpc) is 2.87. The van der Waals surface area contributed by atoms with Crippen molar-refractivity contribution in [1.82, 2.24) is 4.98 Å². The molecule has 0 aliphatic heterocycles. The molecule has 0 fully saturated rings. The molecule has 0 atom stereocenters. The van der Waals surface area contributed by atoms with Crippen LogP contribution >= 0.6 is 0 Å². The smallest absolute Gasteiger partial charge is 0.387 e. The van der Waals surface area contributed by atoms with Crippen molar-refractivity contribution in [3.05, 3.63) is 102 Å². The van der Waals surface area contributed by atoms with Crippen LogP contribution in [0, 0.1) is 10.8 Å². The first-order valence-corrected chi connectivity index (χ1v) is 10.6. The molecule has 0 amide bonds. The van der Waals surface area contributed by atoms with E-state index >= 15 is 0 Å². The highest BCUT2D eigenvalue weighted by molar-refractivity contribution is 6.24. The number of aromatic nitrogens is 1. The largest absolute Gasteiger partial charge is 0.487 e. The third kappa shape index (κ3) is 6.26. The van der Waals surface area contributed by atoms with Crippen molar-refractivity contribution in [2.45, 2.75) is 13.2 Å². The Morgan fingerprint density at radius 3 is 2.31 bits per heavy atom. The van der Waals surface area contributed by atoms with Gasteiger partial charge < -0.3 is 14.2 Å². The van der Waals surface area contributed by atoms with Gasteiger partial charge >= 0.3 is 6.61 Å². The molecule has 3 aromatic carbocycles. The fraction of sp³-hybridized carbons (Fsp3) is 0.0741. The van der Waals surface area contributed by atoms with Gasteiger partial charge in [0.15, 0.2) is 6.40 Å². The van der Waals surface area contributed by atoms with Gasteiger partial charge in [0.25, 0.3) is 0 Å². The number of fused-ring (bicyclic) bond motifs is 1. The number of alkyl halides is 2. The molecular formula is C27H21F2N3O3. The zero-order chi connectivity index (χ0) is 24.6. The summed E-state index contributed by atoms with van der Waals surface area (Å²) in [4.78, 5) is 4.60. The Kier molecular flexibility index (Phi) is 7.42. The summed E-state index contributed by atoms with van der Waals surface area (Å²) in [5, 5.41) is 16.4. The molecule has 0 saturated carbocycles. The van der Waals surface area contributed by atoms with E-state index in [-0.39, 0.29) is 11.6 Å². The fourth-order valence-corrected chi connectivity index (χ4v) is 3.39. The van der Waals surface area contributed by atoms with Crippen LogP contribution < -0.4 is 9.47 Å². The van der Waals surface area contributed by atoms with Gasteiger partial charge in [0.05, 0.1) is 11.2 Å². The van der Waals surface area contributed by atoms with E-state index in [4.69, 9.17) is 20.3 Å². The summed E-state index contributed by atoms with van der Waals surface area (Å²) >= 11 is 0. The lowest BCUT2D eigenvalue weighted by Gasteiger charge is -2.11. The van der Waals surface area contributed by atoms with Crippen LogP contribution in [0.25, 0.3) is 22.6 Å². The number of nitrogens with one attached hydrogen (secondary N) is 2. The summed E-state index contributed by atoms with van der Waals surface area (Å²) in [7, 11) is 0. The van der Waals surface area contributed by atoms with E-state index in [2.05, 4.69) is 9.72 Å². The third-order valence-electron chi connectivity index (χ3n) is 5.05. The van der Waals surface area contributed by atoms with E-state index in [1.165, 1.54) is 12.1 Å². The molecule has 0 aliphatic rings. The zero-order valence-electron chi connectivity index (χ0n) is 18.4.